The number of hydrazone groups is 1. The fourth-order valence-electron chi connectivity index (χ4n) is 2.11. The minimum absolute atomic E-state index is 0.0968. The maximum atomic E-state index is 12.2. The van der Waals surface area contributed by atoms with Crippen molar-refractivity contribution >= 4 is 38.1 Å². The van der Waals surface area contributed by atoms with Crippen molar-refractivity contribution in [3.63, 3.8) is 0 Å². The van der Waals surface area contributed by atoms with Crippen LogP contribution < -0.4 is 19.6 Å². The summed E-state index contributed by atoms with van der Waals surface area (Å²) in [6, 6.07) is 11.1. The number of benzene rings is 2. The van der Waals surface area contributed by atoms with E-state index in [0.29, 0.717) is 23.6 Å². The number of hydrogen-bond acceptors (Lipinski definition) is 6. The van der Waals surface area contributed by atoms with E-state index in [-0.39, 0.29) is 17.4 Å². The molecule has 8 nitrogen and oxygen atoms in total. The number of hydrogen-bond donors (Lipinski definition) is 2. The Bertz CT molecular complexity index is 946. The van der Waals surface area contributed by atoms with E-state index in [1.54, 1.807) is 30.3 Å². The van der Waals surface area contributed by atoms with Gasteiger partial charge in [0.1, 0.15) is 0 Å². The predicted molar refractivity (Wildman–Crippen MR) is 109 cm³/mol. The van der Waals surface area contributed by atoms with Gasteiger partial charge in [-0.15, -0.1) is 0 Å². The molecule has 0 atom stereocenters. The van der Waals surface area contributed by atoms with Crippen molar-refractivity contribution in [2.24, 2.45) is 5.10 Å². The Kier molecular flexibility index (Phi) is 7.82. The maximum absolute atomic E-state index is 12.2. The third-order valence-corrected chi connectivity index (χ3v) is 5.20. The van der Waals surface area contributed by atoms with E-state index < -0.39 is 10.0 Å². The van der Waals surface area contributed by atoms with Gasteiger partial charge in [0.05, 0.1) is 18.2 Å². The fourth-order valence-corrected chi connectivity index (χ4v) is 3.17. The molecule has 10 heteroatoms. The molecule has 0 bridgehead atoms. The second-order valence-corrected chi connectivity index (χ2v) is 8.04. The summed E-state index contributed by atoms with van der Waals surface area (Å²) in [4.78, 5) is 13.7. The van der Waals surface area contributed by atoms with Crippen LogP contribution in [0.25, 0.3) is 0 Å². The summed E-state index contributed by atoms with van der Waals surface area (Å²) in [5, 5.41) is 6.41. The molecule has 0 saturated heterocycles. The molecule has 28 heavy (non-hydrogen) atoms. The smallest absolute Gasteiger partial charge is 0.276 e. The molecule has 2 N–H and O–H groups in total. The number of methoxy groups -OCH3 is 1. The summed E-state index contributed by atoms with van der Waals surface area (Å²) in [6.45, 7) is 2.20. The van der Waals surface area contributed by atoms with Crippen LogP contribution in [0.2, 0.25) is 0 Å². The lowest BCUT2D eigenvalue weighted by atomic mass is 10.2. The Balaban J connectivity index is 2.05. The van der Waals surface area contributed by atoms with Gasteiger partial charge in [-0.2, -0.15) is 13.5 Å². The maximum Gasteiger partial charge on any atom is 0.276 e. The summed E-state index contributed by atoms with van der Waals surface area (Å²) in [5.41, 5.74) is 0.584. The van der Waals surface area contributed by atoms with Crippen molar-refractivity contribution in [1.82, 2.24) is 10.1 Å². The molecule has 0 spiro atoms. The second kappa shape index (κ2) is 10.1. The minimum Gasteiger partial charge on any atom is -0.493 e. The number of halogens is 1. The van der Waals surface area contributed by atoms with Crippen LogP contribution >= 0.6 is 15.9 Å². The highest BCUT2D eigenvalue weighted by molar-refractivity contribution is 9.10. The molecule has 1 amide bonds. The molecule has 2 rings (SSSR count). The molecule has 2 aromatic carbocycles. The molecule has 0 saturated carbocycles. The molecule has 0 aliphatic heterocycles. The zero-order valence-corrected chi connectivity index (χ0v) is 17.7. The Morgan fingerprint density at radius 2 is 1.89 bits per heavy atom. The number of nitrogens with zero attached hydrogens (tertiary/aromatic N) is 1. The highest BCUT2D eigenvalue weighted by atomic mass is 79.9. The van der Waals surface area contributed by atoms with Crippen molar-refractivity contribution in [2.45, 2.75) is 11.8 Å². The Labute approximate surface area is 172 Å². The quantitative estimate of drug-likeness (QED) is 0.432. The molecular weight excluding hydrogens is 450 g/mol. The van der Waals surface area contributed by atoms with Crippen molar-refractivity contribution in [1.29, 1.82) is 0 Å². The highest BCUT2D eigenvalue weighted by Gasteiger charge is 2.12. The SMILES string of the molecule is CCNC(=O)COc1ccc(/C=N\NS(=O)(=O)c2ccc(Br)cc2)cc1OC. The number of amides is 1. The number of nitrogens with one attached hydrogen (secondary N) is 2. The lowest BCUT2D eigenvalue weighted by Gasteiger charge is -2.11. The minimum atomic E-state index is -3.76. The third-order valence-electron chi connectivity index (χ3n) is 3.43. The highest BCUT2D eigenvalue weighted by Crippen LogP contribution is 2.27. The number of sulfonamides is 1. The lowest BCUT2D eigenvalue weighted by molar-refractivity contribution is -0.123. The van der Waals surface area contributed by atoms with E-state index >= 15 is 0 Å². The van der Waals surface area contributed by atoms with Crippen molar-refractivity contribution in [3.05, 3.63) is 52.5 Å². The van der Waals surface area contributed by atoms with Gasteiger partial charge in [0.15, 0.2) is 18.1 Å². The van der Waals surface area contributed by atoms with E-state index in [4.69, 9.17) is 9.47 Å². The fraction of sp³-hybridized carbons (Fsp3) is 0.222. The first kappa shape index (κ1) is 21.7. The van der Waals surface area contributed by atoms with Crippen LogP contribution in [-0.4, -0.2) is 40.8 Å². The van der Waals surface area contributed by atoms with Gasteiger partial charge < -0.3 is 14.8 Å². The zero-order chi connectivity index (χ0) is 20.6. The van der Waals surface area contributed by atoms with Crippen molar-refractivity contribution < 1.29 is 22.7 Å². The number of carbonyl (C=O) groups excluding carboxylic acids is 1. The van der Waals surface area contributed by atoms with Crippen LogP contribution in [0.15, 0.2) is 56.9 Å². The summed E-state index contributed by atoms with van der Waals surface area (Å²) in [7, 11) is -2.30. The average Bonchev–Trinajstić information content (AvgIpc) is 2.67. The molecule has 2 aromatic rings. The van der Waals surface area contributed by atoms with Gasteiger partial charge in [-0.05, 0) is 55.0 Å². The number of likely N-dealkylation sites (N-methyl/N-ethyl adjacent to an activating group) is 1. The first-order chi connectivity index (χ1) is 13.4. The molecule has 0 unspecified atom stereocenters. The van der Waals surface area contributed by atoms with Crippen LogP contribution in [0.4, 0.5) is 0 Å². The first-order valence-electron chi connectivity index (χ1n) is 8.23. The van der Waals surface area contributed by atoms with E-state index in [1.807, 2.05) is 6.92 Å². The van der Waals surface area contributed by atoms with Gasteiger partial charge in [0.2, 0.25) is 0 Å². The van der Waals surface area contributed by atoms with E-state index in [2.05, 4.69) is 31.2 Å². The Morgan fingerprint density at radius 1 is 1.18 bits per heavy atom. The second-order valence-electron chi connectivity index (χ2n) is 5.46. The number of ether oxygens (including phenoxy) is 2. The zero-order valence-electron chi connectivity index (χ0n) is 15.3. The lowest BCUT2D eigenvalue weighted by Crippen LogP contribution is -2.28. The monoisotopic (exact) mass is 469 g/mol. The molecule has 0 aliphatic rings. The van der Waals surface area contributed by atoms with Gasteiger partial charge >= 0.3 is 0 Å². The van der Waals surface area contributed by atoms with E-state index in [1.165, 1.54) is 25.5 Å². The number of carbonyl (C=O) groups is 1. The predicted octanol–water partition coefficient (Wildman–Crippen LogP) is 2.29. The van der Waals surface area contributed by atoms with Crippen molar-refractivity contribution in [3.8, 4) is 11.5 Å². The third kappa shape index (κ3) is 6.24. The molecule has 0 fully saturated rings. The Hall–Kier alpha value is -2.59. The average molecular weight is 470 g/mol. The van der Waals surface area contributed by atoms with Gasteiger partial charge in [0.25, 0.3) is 15.9 Å². The van der Waals surface area contributed by atoms with Gasteiger partial charge in [0, 0.05) is 11.0 Å². The topological polar surface area (TPSA) is 106 Å². The standard InChI is InChI=1S/C18H20BrN3O5S/c1-3-20-18(23)12-27-16-9-4-13(10-17(16)26-2)11-21-22-28(24,25)15-7-5-14(19)6-8-15/h4-11,22H,3,12H2,1-2H3,(H,20,23)/b21-11-. The molecule has 150 valence electrons. The molecule has 0 heterocycles. The summed E-state index contributed by atoms with van der Waals surface area (Å²) in [5.74, 6) is 0.544. The van der Waals surface area contributed by atoms with E-state index in [9.17, 15) is 13.2 Å². The molecule has 0 aromatic heterocycles. The van der Waals surface area contributed by atoms with Crippen LogP contribution in [0.1, 0.15) is 12.5 Å². The summed E-state index contributed by atoms with van der Waals surface area (Å²) >= 11 is 3.25. The van der Waals surface area contributed by atoms with Crippen molar-refractivity contribution in [2.75, 3.05) is 20.3 Å². The molecule has 0 radical (unpaired) electrons. The largest absolute Gasteiger partial charge is 0.493 e. The van der Waals surface area contributed by atoms with Crippen LogP contribution in [0, 0.1) is 0 Å². The number of rotatable bonds is 9. The van der Waals surface area contributed by atoms with E-state index in [0.717, 1.165) is 4.47 Å². The van der Waals surface area contributed by atoms with Gasteiger partial charge in [-0.3, -0.25) is 4.79 Å². The van der Waals surface area contributed by atoms with Gasteiger partial charge in [-0.25, -0.2) is 4.83 Å². The molecular formula is C18H20BrN3O5S. The summed E-state index contributed by atoms with van der Waals surface area (Å²) in [6.07, 6.45) is 1.34. The first-order valence-corrected chi connectivity index (χ1v) is 10.5. The van der Waals surface area contributed by atoms with Gasteiger partial charge in [-0.1, -0.05) is 15.9 Å². The summed E-state index contributed by atoms with van der Waals surface area (Å²) < 4.78 is 35.8. The van der Waals surface area contributed by atoms with Crippen LogP contribution in [0.5, 0.6) is 11.5 Å². The Morgan fingerprint density at radius 3 is 2.54 bits per heavy atom. The van der Waals surface area contributed by atoms with Crippen LogP contribution in [0.3, 0.4) is 0 Å². The normalized spacial score (nSPS) is 11.2. The van der Waals surface area contributed by atoms with Crippen LogP contribution in [-0.2, 0) is 14.8 Å². The molecule has 0 aliphatic carbocycles.